The molecule has 2 nitrogen and oxygen atoms in total. The molecule has 0 atom stereocenters. The van der Waals surface area contributed by atoms with Crippen molar-refractivity contribution in [2.45, 2.75) is 39.5 Å². The zero-order valence-corrected chi connectivity index (χ0v) is 16.4. The second kappa shape index (κ2) is 7.03. The fourth-order valence-electron chi connectivity index (χ4n) is 3.32. The van der Waals surface area contributed by atoms with Crippen LogP contribution in [0.1, 0.15) is 50.7 Å². The van der Waals surface area contributed by atoms with Crippen LogP contribution in [0.25, 0.3) is 33.7 Å². The largest absolute Gasteiger partial charge is 0.454 e. The molecule has 0 bridgehead atoms. The van der Waals surface area contributed by atoms with Gasteiger partial charge in [-0.1, -0.05) is 64.1 Å². The Morgan fingerprint density at radius 1 is 0.704 bits per heavy atom. The Morgan fingerprint density at radius 2 is 1.37 bits per heavy atom. The van der Waals surface area contributed by atoms with Crippen LogP contribution in [-0.4, -0.2) is 4.98 Å². The highest BCUT2D eigenvalue weighted by Gasteiger charge is 2.13. The molecule has 0 saturated carbocycles. The van der Waals surface area contributed by atoms with Gasteiger partial charge in [0.15, 0.2) is 5.58 Å². The van der Waals surface area contributed by atoms with E-state index in [1.54, 1.807) is 0 Å². The van der Waals surface area contributed by atoms with E-state index in [9.17, 15) is 0 Å². The van der Waals surface area contributed by atoms with Gasteiger partial charge in [-0.05, 0) is 47.2 Å². The van der Waals surface area contributed by atoms with Crippen LogP contribution >= 0.6 is 0 Å². The maximum atomic E-state index is 6.15. The summed E-state index contributed by atoms with van der Waals surface area (Å²) < 4.78 is 6.15. The minimum absolute atomic E-state index is 0.481. The van der Waals surface area contributed by atoms with Gasteiger partial charge in [-0.15, -0.1) is 0 Å². The molecular weight excluding hydrogens is 330 g/mol. The number of nitrogens with zero attached hydrogens (tertiary/aromatic N) is 1. The molecule has 4 rings (SSSR count). The highest BCUT2D eigenvalue weighted by Crippen LogP contribution is 2.33. The molecule has 0 N–H and O–H groups in total. The number of hydrogen-bond donors (Lipinski definition) is 0. The molecule has 0 amide bonds. The van der Waals surface area contributed by atoms with E-state index in [1.807, 2.05) is 30.3 Å². The Bertz CT molecular complexity index is 1050. The van der Waals surface area contributed by atoms with Crippen molar-refractivity contribution in [3.05, 3.63) is 77.9 Å². The Morgan fingerprint density at radius 3 is 2.00 bits per heavy atom. The maximum absolute atomic E-state index is 6.15. The normalized spacial score (nSPS) is 11.6. The van der Waals surface area contributed by atoms with E-state index >= 15 is 0 Å². The number of pyridine rings is 1. The van der Waals surface area contributed by atoms with Crippen LogP contribution in [0.2, 0.25) is 0 Å². The lowest BCUT2D eigenvalue weighted by Crippen LogP contribution is -1.94. The minimum atomic E-state index is 0.481. The highest BCUT2D eigenvalue weighted by atomic mass is 16.3. The summed E-state index contributed by atoms with van der Waals surface area (Å²) in [4.78, 5) is 4.81. The lowest BCUT2D eigenvalue weighted by atomic mass is 9.92. The molecular formula is C25H25NO. The van der Waals surface area contributed by atoms with E-state index in [0.717, 1.165) is 33.7 Å². The standard InChI is InChI=1S/C25H25NO/c1-16(2)19-12-20(17(3)4)14-21(13-19)25-15-23-24(27-25)11-10-22(26-23)18-8-6-5-7-9-18/h5-17H,1-4H3. The Hall–Kier alpha value is -2.87. The first-order valence-corrected chi connectivity index (χ1v) is 9.62. The van der Waals surface area contributed by atoms with Crippen molar-refractivity contribution in [2.24, 2.45) is 0 Å². The summed E-state index contributed by atoms with van der Waals surface area (Å²) >= 11 is 0. The van der Waals surface area contributed by atoms with Crippen LogP contribution in [0.3, 0.4) is 0 Å². The molecule has 2 heteroatoms. The quantitative estimate of drug-likeness (QED) is 0.381. The molecule has 0 aliphatic heterocycles. The van der Waals surface area contributed by atoms with Gasteiger partial charge in [-0.25, -0.2) is 4.98 Å². The van der Waals surface area contributed by atoms with Gasteiger partial charge in [0.25, 0.3) is 0 Å². The topological polar surface area (TPSA) is 26.0 Å². The lowest BCUT2D eigenvalue weighted by molar-refractivity contribution is 0.630. The fraction of sp³-hybridized carbons (Fsp3) is 0.240. The Balaban J connectivity index is 1.80. The molecule has 136 valence electrons. The number of aromatic nitrogens is 1. The van der Waals surface area contributed by atoms with Gasteiger partial charge in [0.2, 0.25) is 0 Å². The predicted molar refractivity (Wildman–Crippen MR) is 113 cm³/mol. The first-order valence-electron chi connectivity index (χ1n) is 9.62. The molecule has 0 fully saturated rings. The van der Waals surface area contributed by atoms with Gasteiger partial charge in [-0.3, -0.25) is 0 Å². The maximum Gasteiger partial charge on any atom is 0.153 e. The number of rotatable bonds is 4. The zero-order chi connectivity index (χ0) is 19.0. The van der Waals surface area contributed by atoms with E-state index in [0.29, 0.717) is 11.8 Å². The summed E-state index contributed by atoms with van der Waals surface area (Å²) in [5, 5.41) is 0. The lowest BCUT2D eigenvalue weighted by Gasteiger charge is -2.13. The van der Waals surface area contributed by atoms with Gasteiger partial charge < -0.3 is 4.42 Å². The predicted octanol–water partition coefficient (Wildman–Crippen LogP) is 7.41. The molecule has 0 saturated heterocycles. The molecule has 27 heavy (non-hydrogen) atoms. The Labute approximate surface area is 160 Å². The highest BCUT2D eigenvalue weighted by molar-refractivity contribution is 5.82. The van der Waals surface area contributed by atoms with E-state index in [1.165, 1.54) is 11.1 Å². The van der Waals surface area contributed by atoms with Gasteiger partial charge in [0.05, 0.1) is 5.69 Å². The second-order valence-corrected chi connectivity index (χ2v) is 7.75. The van der Waals surface area contributed by atoms with Crippen LogP contribution in [0.4, 0.5) is 0 Å². The summed E-state index contributed by atoms with van der Waals surface area (Å²) in [6, 6.07) is 23.1. The molecule has 4 aromatic rings. The van der Waals surface area contributed by atoms with E-state index in [-0.39, 0.29) is 0 Å². The molecule has 0 aliphatic carbocycles. The van der Waals surface area contributed by atoms with E-state index < -0.39 is 0 Å². The van der Waals surface area contributed by atoms with Crippen molar-refractivity contribution >= 4 is 11.1 Å². The molecule has 0 spiro atoms. The summed E-state index contributed by atoms with van der Waals surface area (Å²) in [6.07, 6.45) is 0. The van der Waals surface area contributed by atoms with Crippen LogP contribution < -0.4 is 0 Å². The monoisotopic (exact) mass is 355 g/mol. The number of benzene rings is 2. The molecule has 2 heterocycles. The molecule has 2 aromatic heterocycles. The summed E-state index contributed by atoms with van der Waals surface area (Å²) in [7, 11) is 0. The summed E-state index contributed by atoms with van der Waals surface area (Å²) in [6.45, 7) is 8.93. The van der Waals surface area contributed by atoms with Crippen molar-refractivity contribution in [3.8, 4) is 22.6 Å². The van der Waals surface area contributed by atoms with Crippen LogP contribution in [-0.2, 0) is 0 Å². The molecule has 0 aliphatic rings. The average Bonchev–Trinajstić information content (AvgIpc) is 3.11. The number of furan rings is 1. The third kappa shape index (κ3) is 3.52. The second-order valence-electron chi connectivity index (χ2n) is 7.75. The van der Waals surface area contributed by atoms with Crippen molar-refractivity contribution in [2.75, 3.05) is 0 Å². The first kappa shape index (κ1) is 17.5. The Kier molecular flexibility index (Phi) is 4.57. The number of hydrogen-bond acceptors (Lipinski definition) is 2. The number of fused-ring (bicyclic) bond motifs is 1. The third-order valence-corrected chi connectivity index (χ3v) is 5.04. The van der Waals surface area contributed by atoms with Gasteiger partial charge in [-0.2, -0.15) is 0 Å². The fourth-order valence-corrected chi connectivity index (χ4v) is 3.32. The third-order valence-electron chi connectivity index (χ3n) is 5.04. The van der Waals surface area contributed by atoms with Gasteiger partial charge in [0.1, 0.15) is 11.3 Å². The smallest absolute Gasteiger partial charge is 0.153 e. The SMILES string of the molecule is CC(C)c1cc(-c2cc3nc(-c4ccccc4)ccc3o2)cc(C(C)C)c1. The van der Waals surface area contributed by atoms with E-state index in [4.69, 9.17) is 9.40 Å². The molecule has 0 unspecified atom stereocenters. The van der Waals surface area contributed by atoms with Crippen LogP contribution in [0, 0.1) is 0 Å². The van der Waals surface area contributed by atoms with Crippen molar-refractivity contribution in [1.29, 1.82) is 0 Å². The van der Waals surface area contributed by atoms with E-state index in [2.05, 4.69) is 64.1 Å². The van der Waals surface area contributed by atoms with Gasteiger partial charge >= 0.3 is 0 Å². The minimum Gasteiger partial charge on any atom is -0.454 e. The summed E-state index contributed by atoms with van der Waals surface area (Å²) in [5.41, 5.74) is 7.62. The molecule has 2 aromatic carbocycles. The van der Waals surface area contributed by atoms with Crippen molar-refractivity contribution in [1.82, 2.24) is 4.98 Å². The first-order chi connectivity index (χ1) is 13.0. The van der Waals surface area contributed by atoms with Crippen LogP contribution in [0.15, 0.2) is 71.1 Å². The average molecular weight is 355 g/mol. The zero-order valence-electron chi connectivity index (χ0n) is 16.4. The molecule has 0 radical (unpaired) electrons. The van der Waals surface area contributed by atoms with Crippen molar-refractivity contribution < 1.29 is 4.42 Å². The summed E-state index contributed by atoms with van der Waals surface area (Å²) in [5.74, 6) is 1.84. The van der Waals surface area contributed by atoms with Crippen molar-refractivity contribution in [3.63, 3.8) is 0 Å². The van der Waals surface area contributed by atoms with Crippen LogP contribution in [0.5, 0.6) is 0 Å². The van der Waals surface area contributed by atoms with Gasteiger partial charge in [0, 0.05) is 17.2 Å².